The molecule has 22 heavy (non-hydrogen) atoms. The maximum Gasteiger partial charge on any atom is 0.256 e. The molecule has 1 N–H and O–H groups in total. The summed E-state index contributed by atoms with van der Waals surface area (Å²) < 4.78 is 0. The van der Waals surface area contributed by atoms with Gasteiger partial charge in [-0.15, -0.1) is 0 Å². The minimum atomic E-state index is -0.197. The number of pyridine rings is 2. The van der Waals surface area contributed by atoms with E-state index in [0.717, 1.165) is 5.56 Å². The number of nitrogens with one attached hydrogen (secondary N) is 1. The summed E-state index contributed by atoms with van der Waals surface area (Å²) in [7, 11) is 0. The second-order valence-corrected chi connectivity index (χ2v) is 5.95. The number of hydrogen-bond donors (Lipinski definition) is 1. The van der Waals surface area contributed by atoms with Crippen LogP contribution in [0.15, 0.2) is 23.1 Å². The summed E-state index contributed by atoms with van der Waals surface area (Å²) in [6, 6.07) is 3.41. The first-order valence-electron chi connectivity index (χ1n) is 6.78. The Morgan fingerprint density at radius 3 is 2.95 bits per heavy atom. The van der Waals surface area contributed by atoms with Gasteiger partial charge >= 0.3 is 0 Å². The van der Waals surface area contributed by atoms with E-state index in [-0.39, 0.29) is 28.2 Å². The molecule has 0 spiro atoms. The molecular weight excluding hydrogens is 325 g/mol. The quantitative estimate of drug-likeness (QED) is 0.813. The molecule has 0 fully saturated rings. The lowest BCUT2D eigenvalue weighted by Gasteiger charge is -2.28. The number of aromatic nitrogens is 2. The molecule has 5 nitrogen and oxygen atoms in total. The highest BCUT2D eigenvalue weighted by atomic mass is 35.5. The largest absolute Gasteiger partial charge is 0.334 e. The monoisotopic (exact) mass is 337 g/mol. The highest BCUT2D eigenvalue weighted by molar-refractivity contribution is 6.41. The summed E-state index contributed by atoms with van der Waals surface area (Å²) in [5.41, 5.74) is 2.39. The summed E-state index contributed by atoms with van der Waals surface area (Å²) in [4.78, 5) is 32.9. The predicted molar refractivity (Wildman–Crippen MR) is 84.5 cm³/mol. The van der Waals surface area contributed by atoms with Crippen LogP contribution in [0, 0.1) is 6.92 Å². The van der Waals surface area contributed by atoms with Gasteiger partial charge in [-0.05, 0) is 31.0 Å². The molecule has 0 atom stereocenters. The van der Waals surface area contributed by atoms with Crippen molar-refractivity contribution in [2.24, 2.45) is 0 Å². The first-order valence-corrected chi connectivity index (χ1v) is 7.54. The summed E-state index contributed by atoms with van der Waals surface area (Å²) in [6.45, 7) is 2.54. The van der Waals surface area contributed by atoms with Crippen molar-refractivity contribution in [3.8, 4) is 0 Å². The molecule has 0 bridgehead atoms. The van der Waals surface area contributed by atoms with Crippen LogP contribution in [0.1, 0.15) is 27.2 Å². The fourth-order valence-electron chi connectivity index (χ4n) is 2.60. The van der Waals surface area contributed by atoms with Crippen LogP contribution in [0.2, 0.25) is 10.2 Å². The number of nitrogens with zero attached hydrogens (tertiary/aromatic N) is 2. The zero-order chi connectivity index (χ0) is 15.9. The summed E-state index contributed by atoms with van der Waals surface area (Å²) in [5.74, 6) is -0.197. The van der Waals surface area contributed by atoms with Crippen molar-refractivity contribution in [3.05, 3.63) is 61.2 Å². The number of hydrogen-bond acceptors (Lipinski definition) is 3. The Hall–Kier alpha value is -1.85. The number of halogens is 2. The van der Waals surface area contributed by atoms with Gasteiger partial charge in [-0.1, -0.05) is 23.2 Å². The molecule has 1 aliphatic heterocycles. The third kappa shape index (κ3) is 2.62. The minimum Gasteiger partial charge on any atom is -0.334 e. The topological polar surface area (TPSA) is 66.1 Å². The molecule has 0 saturated carbocycles. The number of carbonyl (C=O) groups is 1. The average molecular weight is 338 g/mol. The van der Waals surface area contributed by atoms with Crippen molar-refractivity contribution in [2.75, 3.05) is 6.54 Å². The number of rotatable bonds is 1. The molecule has 0 aromatic carbocycles. The van der Waals surface area contributed by atoms with Crippen LogP contribution in [-0.2, 0) is 13.0 Å². The zero-order valence-corrected chi connectivity index (χ0v) is 13.3. The number of carbonyl (C=O) groups excluding carboxylic acids is 1. The van der Waals surface area contributed by atoms with E-state index in [0.29, 0.717) is 29.8 Å². The molecule has 2 aromatic rings. The van der Waals surface area contributed by atoms with Gasteiger partial charge in [0.25, 0.3) is 11.5 Å². The van der Waals surface area contributed by atoms with Crippen LogP contribution in [0.4, 0.5) is 0 Å². The fourth-order valence-corrected chi connectivity index (χ4v) is 2.93. The Morgan fingerprint density at radius 2 is 2.18 bits per heavy atom. The molecule has 0 radical (unpaired) electrons. The van der Waals surface area contributed by atoms with Gasteiger partial charge in [0.05, 0.1) is 22.8 Å². The summed E-state index contributed by atoms with van der Waals surface area (Å²) >= 11 is 11.8. The Balaban J connectivity index is 1.93. The van der Waals surface area contributed by atoms with E-state index in [9.17, 15) is 9.59 Å². The van der Waals surface area contributed by atoms with Gasteiger partial charge < -0.3 is 9.88 Å². The van der Waals surface area contributed by atoms with E-state index in [1.807, 2.05) is 6.07 Å². The van der Waals surface area contributed by atoms with E-state index in [1.54, 1.807) is 18.0 Å². The third-order valence-electron chi connectivity index (χ3n) is 3.80. The van der Waals surface area contributed by atoms with Gasteiger partial charge in [-0.25, -0.2) is 4.98 Å². The van der Waals surface area contributed by atoms with Crippen molar-refractivity contribution in [1.29, 1.82) is 0 Å². The number of aromatic amines is 1. The van der Waals surface area contributed by atoms with E-state index >= 15 is 0 Å². The van der Waals surface area contributed by atoms with Crippen LogP contribution < -0.4 is 5.56 Å². The summed E-state index contributed by atoms with van der Waals surface area (Å²) in [5, 5.41) is 0.419. The molecule has 3 heterocycles. The fraction of sp³-hybridized carbons (Fsp3) is 0.267. The molecule has 0 aliphatic carbocycles. The van der Waals surface area contributed by atoms with E-state index in [4.69, 9.17) is 23.2 Å². The lowest BCUT2D eigenvalue weighted by molar-refractivity contribution is 0.0732. The molecular formula is C15H13Cl2N3O2. The highest BCUT2D eigenvalue weighted by Gasteiger charge is 2.25. The number of amides is 1. The number of aryl methyl sites for hydroxylation is 1. The Bertz CT molecular complexity index is 817. The normalized spacial score (nSPS) is 13.9. The molecule has 2 aromatic heterocycles. The van der Waals surface area contributed by atoms with Crippen LogP contribution in [0.5, 0.6) is 0 Å². The first kappa shape index (κ1) is 15.1. The van der Waals surface area contributed by atoms with Crippen molar-refractivity contribution in [1.82, 2.24) is 14.9 Å². The van der Waals surface area contributed by atoms with E-state index < -0.39 is 0 Å². The average Bonchev–Trinajstić information content (AvgIpc) is 2.50. The zero-order valence-electron chi connectivity index (χ0n) is 11.8. The lowest BCUT2D eigenvalue weighted by atomic mass is 10.0. The Morgan fingerprint density at radius 1 is 1.41 bits per heavy atom. The summed E-state index contributed by atoms with van der Waals surface area (Å²) in [6.07, 6.45) is 2.28. The van der Waals surface area contributed by atoms with Gasteiger partial charge in [-0.2, -0.15) is 0 Å². The van der Waals surface area contributed by atoms with Crippen LogP contribution in [0.25, 0.3) is 0 Å². The predicted octanol–water partition coefficient (Wildman–Crippen LogP) is 2.58. The first-order chi connectivity index (χ1) is 10.5. The van der Waals surface area contributed by atoms with Crippen LogP contribution in [-0.4, -0.2) is 27.3 Å². The molecule has 1 amide bonds. The number of H-pyrrole nitrogens is 1. The van der Waals surface area contributed by atoms with Crippen molar-refractivity contribution in [2.45, 2.75) is 19.9 Å². The smallest absolute Gasteiger partial charge is 0.256 e. The standard InChI is InChI=1S/C15H13Cl2N3O2/c1-8-10(6-12(16)13(17)19-8)15(22)20-5-3-9-2-4-18-14(21)11(9)7-20/h2,4,6H,3,5,7H2,1H3,(H,18,21). The van der Waals surface area contributed by atoms with E-state index in [1.165, 1.54) is 6.07 Å². The molecule has 0 saturated heterocycles. The second-order valence-electron chi connectivity index (χ2n) is 5.18. The van der Waals surface area contributed by atoms with Crippen LogP contribution in [0.3, 0.4) is 0 Å². The maximum atomic E-state index is 12.7. The molecule has 0 unspecified atom stereocenters. The second kappa shape index (κ2) is 5.74. The molecule has 3 rings (SSSR count). The van der Waals surface area contributed by atoms with Crippen molar-refractivity contribution >= 4 is 29.1 Å². The Labute approximate surface area is 136 Å². The Kier molecular flexibility index (Phi) is 3.93. The SMILES string of the molecule is Cc1nc(Cl)c(Cl)cc1C(=O)N1CCc2cc[nH]c(=O)c2C1. The lowest BCUT2D eigenvalue weighted by Crippen LogP contribution is -2.39. The van der Waals surface area contributed by atoms with Gasteiger partial charge in [0, 0.05) is 18.3 Å². The van der Waals surface area contributed by atoms with E-state index in [2.05, 4.69) is 9.97 Å². The molecule has 1 aliphatic rings. The number of fused-ring (bicyclic) bond motifs is 1. The van der Waals surface area contributed by atoms with Gasteiger partial charge in [-0.3, -0.25) is 9.59 Å². The highest BCUT2D eigenvalue weighted by Crippen LogP contribution is 2.24. The van der Waals surface area contributed by atoms with Crippen molar-refractivity contribution < 1.29 is 4.79 Å². The third-order valence-corrected chi connectivity index (χ3v) is 4.48. The van der Waals surface area contributed by atoms with Crippen molar-refractivity contribution in [3.63, 3.8) is 0 Å². The molecule has 114 valence electrons. The molecule has 7 heteroatoms. The maximum absolute atomic E-state index is 12.7. The van der Waals surface area contributed by atoms with Crippen LogP contribution >= 0.6 is 23.2 Å². The minimum absolute atomic E-state index is 0.154. The van der Waals surface area contributed by atoms with Gasteiger partial charge in [0.2, 0.25) is 0 Å². The van der Waals surface area contributed by atoms with Gasteiger partial charge in [0.1, 0.15) is 5.15 Å². The van der Waals surface area contributed by atoms with Gasteiger partial charge in [0.15, 0.2) is 0 Å².